The SMILES string of the molecule is CN=C(NCc1ccccc1S(N)(=O)=O)c1ccccc1N. The monoisotopic (exact) mass is 318 g/mol. The van der Waals surface area contributed by atoms with Gasteiger partial charge < -0.3 is 11.1 Å². The van der Waals surface area contributed by atoms with E-state index in [1.807, 2.05) is 18.2 Å². The number of nitrogens with two attached hydrogens (primary N) is 2. The van der Waals surface area contributed by atoms with Crippen LogP contribution in [0.3, 0.4) is 0 Å². The third-order valence-electron chi connectivity index (χ3n) is 3.16. The Bertz CT molecular complexity index is 801. The minimum atomic E-state index is -3.77. The highest BCUT2D eigenvalue weighted by molar-refractivity contribution is 7.89. The summed E-state index contributed by atoms with van der Waals surface area (Å²) in [6, 6.07) is 13.9. The molecule has 0 amide bonds. The number of hydrogen-bond donors (Lipinski definition) is 3. The van der Waals surface area contributed by atoms with E-state index in [0.717, 1.165) is 5.56 Å². The number of nitrogen functional groups attached to an aromatic ring is 1. The minimum Gasteiger partial charge on any atom is -0.398 e. The second-order valence-corrected chi connectivity index (χ2v) is 6.20. The van der Waals surface area contributed by atoms with Gasteiger partial charge in [0.05, 0.1) is 4.90 Å². The molecule has 2 rings (SSSR count). The molecule has 0 atom stereocenters. The molecule has 116 valence electrons. The van der Waals surface area contributed by atoms with Crippen molar-refractivity contribution >= 4 is 21.5 Å². The van der Waals surface area contributed by atoms with Crippen molar-refractivity contribution in [3.8, 4) is 0 Å². The van der Waals surface area contributed by atoms with Crippen LogP contribution in [0.2, 0.25) is 0 Å². The molecule has 22 heavy (non-hydrogen) atoms. The van der Waals surface area contributed by atoms with E-state index in [0.29, 0.717) is 17.1 Å². The molecule has 0 aliphatic carbocycles. The van der Waals surface area contributed by atoms with Crippen molar-refractivity contribution in [2.75, 3.05) is 12.8 Å². The fourth-order valence-corrected chi connectivity index (χ4v) is 2.89. The molecule has 2 aromatic rings. The zero-order valence-electron chi connectivity index (χ0n) is 12.2. The van der Waals surface area contributed by atoms with Crippen molar-refractivity contribution in [2.45, 2.75) is 11.4 Å². The van der Waals surface area contributed by atoms with Crippen LogP contribution in [0.4, 0.5) is 5.69 Å². The molecule has 7 heteroatoms. The van der Waals surface area contributed by atoms with Crippen molar-refractivity contribution < 1.29 is 8.42 Å². The second-order valence-electron chi connectivity index (χ2n) is 4.67. The topological polar surface area (TPSA) is 111 Å². The first kappa shape index (κ1) is 16.0. The molecule has 0 aromatic heterocycles. The molecule has 0 saturated carbocycles. The molecule has 5 N–H and O–H groups in total. The number of hydrogen-bond acceptors (Lipinski definition) is 4. The molecule has 0 unspecified atom stereocenters. The number of nitrogens with one attached hydrogen (secondary N) is 1. The van der Waals surface area contributed by atoms with Gasteiger partial charge in [0.1, 0.15) is 5.84 Å². The first-order chi connectivity index (χ1) is 10.4. The van der Waals surface area contributed by atoms with Gasteiger partial charge in [-0.05, 0) is 23.8 Å². The lowest BCUT2D eigenvalue weighted by molar-refractivity contribution is 0.596. The molecule has 0 radical (unpaired) electrons. The van der Waals surface area contributed by atoms with Crippen LogP contribution in [-0.2, 0) is 16.6 Å². The summed E-state index contributed by atoms with van der Waals surface area (Å²) in [6.45, 7) is 0.271. The minimum absolute atomic E-state index is 0.0963. The highest BCUT2D eigenvalue weighted by Gasteiger charge is 2.14. The summed E-state index contributed by atoms with van der Waals surface area (Å²) >= 11 is 0. The van der Waals surface area contributed by atoms with Crippen LogP contribution in [0.25, 0.3) is 0 Å². The largest absolute Gasteiger partial charge is 0.398 e. The molecular formula is C15H18N4O2S. The summed E-state index contributed by atoms with van der Waals surface area (Å²) in [5, 5.41) is 8.33. The number of primary sulfonamides is 1. The summed E-state index contributed by atoms with van der Waals surface area (Å²) in [4.78, 5) is 4.27. The van der Waals surface area contributed by atoms with Gasteiger partial charge in [-0.2, -0.15) is 0 Å². The van der Waals surface area contributed by atoms with Crippen molar-refractivity contribution in [2.24, 2.45) is 10.1 Å². The summed E-state index contributed by atoms with van der Waals surface area (Å²) in [7, 11) is -2.13. The fraction of sp³-hybridized carbons (Fsp3) is 0.133. The average molecular weight is 318 g/mol. The predicted octanol–water partition coefficient (Wildman–Crippen LogP) is 1.08. The Balaban J connectivity index is 2.25. The highest BCUT2D eigenvalue weighted by Crippen LogP contribution is 2.15. The summed E-state index contributed by atoms with van der Waals surface area (Å²) in [5.74, 6) is 0.585. The van der Waals surface area contributed by atoms with Gasteiger partial charge in [-0.25, -0.2) is 13.6 Å². The number of para-hydroxylation sites is 1. The Morgan fingerprint density at radius 2 is 1.77 bits per heavy atom. The van der Waals surface area contributed by atoms with Crippen LogP contribution in [0.1, 0.15) is 11.1 Å². The van der Waals surface area contributed by atoms with Crippen LogP contribution in [0.15, 0.2) is 58.4 Å². The molecular weight excluding hydrogens is 300 g/mol. The molecule has 6 nitrogen and oxygen atoms in total. The maximum absolute atomic E-state index is 11.6. The molecule has 0 aliphatic heterocycles. The Labute approximate surface area is 129 Å². The van der Waals surface area contributed by atoms with Gasteiger partial charge in [-0.15, -0.1) is 0 Å². The molecule has 2 aromatic carbocycles. The number of sulfonamides is 1. The van der Waals surface area contributed by atoms with E-state index in [1.54, 1.807) is 31.3 Å². The fourth-order valence-electron chi connectivity index (χ4n) is 2.11. The maximum atomic E-state index is 11.6. The van der Waals surface area contributed by atoms with E-state index >= 15 is 0 Å². The predicted molar refractivity (Wildman–Crippen MR) is 88.0 cm³/mol. The zero-order valence-corrected chi connectivity index (χ0v) is 13.0. The Morgan fingerprint density at radius 1 is 1.14 bits per heavy atom. The van der Waals surface area contributed by atoms with Crippen molar-refractivity contribution in [1.29, 1.82) is 0 Å². The standard InChI is InChI=1S/C15H18N4O2S/c1-18-15(12-7-3-4-8-13(12)16)19-10-11-6-2-5-9-14(11)22(17,20)21/h2-9H,10,16H2,1H3,(H,18,19)(H2,17,20,21). The Hall–Kier alpha value is -2.38. The summed E-state index contributed by atoms with van der Waals surface area (Å²) < 4.78 is 23.2. The van der Waals surface area contributed by atoms with E-state index < -0.39 is 10.0 Å². The van der Waals surface area contributed by atoms with E-state index in [4.69, 9.17) is 10.9 Å². The summed E-state index contributed by atoms with van der Waals surface area (Å²) in [5.41, 5.74) is 7.85. The summed E-state index contributed by atoms with van der Waals surface area (Å²) in [6.07, 6.45) is 0. The van der Waals surface area contributed by atoms with E-state index in [-0.39, 0.29) is 11.4 Å². The van der Waals surface area contributed by atoms with Crippen LogP contribution < -0.4 is 16.2 Å². The van der Waals surface area contributed by atoms with E-state index in [1.165, 1.54) is 6.07 Å². The first-order valence-corrected chi connectivity index (χ1v) is 8.14. The van der Waals surface area contributed by atoms with E-state index in [2.05, 4.69) is 10.3 Å². The molecule has 0 saturated heterocycles. The van der Waals surface area contributed by atoms with Gasteiger partial charge in [0.25, 0.3) is 0 Å². The van der Waals surface area contributed by atoms with Crippen LogP contribution in [0, 0.1) is 0 Å². The third kappa shape index (κ3) is 3.63. The molecule has 0 fully saturated rings. The third-order valence-corrected chi connectivity index (χ3v) is 4.18. The second kappa shape index (κ2) is 6.59. The van der Waals surface area contributed by atoms with Crippen LogP contribution in [0.5, 0.6) is 0 Å². The van der Waals surface area contributed by atoms with Crippen LogP contribution >= 0.6 is 0 Å². The Kier molecular flexibility index (Phi) is 4.79. The molecule has 0 aliphatic rings. The molecule has 0 spiro atoms. The number of aliphatic imine (C=N–C) groups is 1. The maximum Gasteiger partial charge on any atom is 0.238 e. The van der Waals surface area contributed by atoms with Crippen molar-refractivity contribution in [3.63, 3.8) is 0 Å². The van der Waals surface area contributed by atoms with Gasteiger partial charge in [0.2, 0.25) is 10.0 Å². The molecule has 0 heterocycles. The van der Waals surface area contributed by atoms with E-state index in [9.17, 15) is 8.42 Å². The highest BCUT2D eigenvalue weighted by atomic mass is 32.2. The lowest BCUT2D eigenvalue weighted by atomic mass is 10.1. The number of benzene rings is 2. The van der Waals surface area contributed by atoms with Gasteiger partial charge in [0.15, 0.2) is 0 Å². The Morgan fingerprint density at radius 3 is 2.41 bits per heavy atom. The van der Waals surface area contributed by atoms with Crippen molar-refractivity contribution in [3.05, 3.63) is 59.7 Å². The van der Waals surface area contributed by atoms with Crippen LogP contribution in [-0.4, -0.2) is 21.3 Å². The van der Waals surface area contributed by atoms with Gasteiger partial charge >= 0.3 is 0 Å². The normalized spacial score (nSPS) is 12.2. The quantitative estimate of drug-likeness (QED) is 0.445. The average Bonchev–Trinajstić information content (AvgIpc) is 2.49. The lowest BCUT2D eigenvalue weighted by Crippen LogP contribution is -2.26. The number of anilines is 1. The van der Waals surface area contributed by atoms with Gasteiger partial charge in [-0.3, -0.25) is 4.99 Å². The van der Waals surface area contributed by atoms with Gasteiger partial charge in [-0.1, -0.05) is 30.3 Å². The lowest BCUT2D eigenvalue weighted by Gasteiger charge is -2.13. The number of nitrogens with zero attached hydrogens (tertiary/aromatic N) is 1. The van der Waals surface area contributed by atoms with Crippen molar-refractivity contribution in [1.82, 2.24) is 5.32 Å². The zero-order chi connectivity index (χ0) is 16.2. The number of rotatable bonds is 4. The van der Waals surface area contributed by atoms with Gasteiger partial charge in [0, 0.05) is 24.8 Å². The molecule has 0 bridgehead atoms. The smallest absolute Gasteiger partial charge is 0.238 e. The number of amidine groups is 1. The first-order valence-electron chi connectivity index (χ1n) is 6.59.